The van der Waals surface area contributed by atoms with Gasteiger partial charge >= 0.3 is 12.1 Å². The van der Waals surface area contributed by atoms with Crippen molar-refractivity contribution in [3.05, 3.63) is 35.2 Å². The molecule has 3 amide bonds. The smallest absolute Gasteiger partial charge is 0.410 e. The lowest BCUT2D eigenvalue weighted by Crippen LogP contribution is -2.41. The summed E-state index contributed by atoms with van der Waals surface area (Å²) in [6.07, 6.45) is 3.85. The molecule has 0 saturated heterocycles. The topological polar surface area (TPSA) is 94.6 Å². The van der Waals surface area contributed by atoms with Crippen molar-refractivity contribution in [1.82, 2.24) is 15.2 Å². The van der Waals surface area contributed by atoms with Crippen LogP contribution in [0.5, 0.6) is 0 Å². The highest BCUT2D eigenvalue weighted by Gasteiger charge is 2.12. The van der Waals surface area contributed by atoms with Gasteiger partial charge in [0.2, 0.25) is 0 Å². The van der Waals surface area contributed by atoms with Crippen LogP contribution in [0.1, 0.15) is 45.1 Å². The van der Waals surface area contributed by atoms with Crippen LogP contribution in [0, 0.1) is 0 Å². The minimum Gasteiger partial charge on any atom is -0.465 e. The highest BCUT2D eigenvalue weighted by molar-refractivity contribution is 7.14. The van der Waals surface area contributed by atoms with Crippen LogP contribution >= 0.6 is 11.3 Å². The first-order valence-corrected chi connectivity index (χ1v) is 11.0. The van der Waals surface area contributed by atoms with Crippen LogP contribution in [0.25, 0.3) is 11.3 Å². The lowest BCUT2D eigenvalue weighted by molar-refractivity contribution is 0.196. The SMILES string of the molecule is CCCCN(CCCC)C(=O)NCCc1ccc(-c2csc(NC(=O)O)n2)cc1. The molecule has 2 rings (SSSR count). The van der Waals surface area contributed by atoms with Gasteiger partial charge in [0.1, 0.15) is 0 Å². The van der Waals surface area contributed by atoms with Crippen molar-refractivity contribution in [3.8, 4) is 11.3 Å². The zero-order valence-corrected chi connectivity index (χ0v) is 17.9. The minimum absolute atomic E-state index is 0.0180. The number of carbonyl (C=O) groups is 2. The Bertz CT molecular complexity index is 768. The summed E-state index contributed by atoms with van der Waals surface area (Å²) in [5, 5.41) is 16.2. The molecule has 1 aromatic heterocycles. The van der Waals surface area contributed by atoms with E-state index in [1.807, 2.05) is 34.5 Å². The number of carbonyl (C=O) groups excluding carboxylic acids is 1. The second-order valence-corrected chi connectivity index (χ2v) is 7.70. The molecule has 0 bridgehead atoms. The summed E-state index contributed by atoms with van der Waals surface area (Å²) in [4.78, 5) is 29.3. The fraction of sp³-hybridized carbons (Fsp3) is 0.476. The van der Waals surface area contributed by atoms with Gasteiger partial charge in [-0.15, -0.1) is 11.3 Å². The van der Waals surface area contributed by atoms with E-state index in [-0.39, 0.29) is 6.03 Å². The van der Waals surface area contributed by atoms with E-state index in [0.717, 1.165) is 62.0 Å². The molecule has 0 saturated carbocycles. The second kappa shape index (κ2) is 12.1. The van der Waals surface area contributed by atoms with E-state index in [0.29, 0.717) is 11.7 Å². The lowest BCUT2D eigenvalue weighted by Gasteiger charge is -2.22. The molecule has 0 fully saturated rings. The predicted octanol–water partition coefficient (Wildman–Crippen LogP) is 5.05. The number of unbranched alkanes of at least 4 members (excludes halogenated alkanes) is 2. The average molecular weight is 419 g/mol. The van der Waals surface area contributed by atoms with Crippen LogP contribution < -0.4 is 10.6 Å². The van der Waals surface area contributed by atoms with E-state index in [9.17, 15) is 9.59 Å². The Kier molecular flexibility index (Phi) is 9.43. The van der Waals surface area contributed by atoms with Crippen molar-refractivity contribution in [3.63, 3.8) is 0 Å². The number of thiazole rings is 1. The average Bonchev–Trinajstić information content (AvgIpc) is 3.16. The first kappa shape index (κ1) is 22.7. The van der Waals surface area contributed by atoms with Crippen molar-refractivity contribution in [2.75, 3.05) is 25.0 Å². The van der Waals surface area contributed by atoms with Crippen molar-refractivity contribution in [1.29, 1.82) is 0 Å². The Hall–Kier alpha value is -2.61. The van der Waals surface area contributed by atoms with Gasteiger partial charge in [-0.2, -0.15) is 0 Å². The van der Waals surface area contributed by atoms with Crippen molar-refractivity contribution >= 4 is 28.6 Å². The molecule has 0 unspecified atom stereocenters. The molecule has 0 aliphatic rings. The first-order valence-electron chi connectivity index (χ1n) is 10.1. The first-order chi connectivity index (χ1) is 14.0. The van der Waals surface area contributed by atoms with Crippen LogP contribution in [0.4, 0.5) is 14.7 Å². The van der Waals surface area contributed by atoms with Crippen molar-refractivity contribution in [2.45, 2.75) is 46.0 Å². The standard InChI is InChI=1S/C21H30N4O3S/c1-3-5-13-25(14-6-4-2)20(26)22-12-11-16-7-9-17(10-8-16)18-15-29-19(23-18)24-21(27)28/h7-10,15H,3-6,11-14H2,1-2H3,(H,22,26)(H,23,24)(H,27,28). The largest absolute Gasteiger partial charge is 0.465 e. The quantitative estimate of drug-likeness (QED) is 0.476. The number of nitrogens with zero attached hydrogens (tertiary/aromatic N) is 2. The molecular formula is C21H30N4O3S. The number of urea groups is 1. The zero-order chi connectivity index (χ0) is 21.1. The van der Waals surface area contributed by atoms with Crippen LogP contribution in [-0.4, -0.2) is 46.7 Å². The number of aromatic nitrogens is 1. The van der Waals surface area contributed by atoms with Crippen LogP contribution in [0.15, 0.2) is 29.6 Å². The maximum atomic E-state index is 12.4. The summed E-state index contributed by atoms with van der Waals surface area (Å²) in [7, 11) is 0. The van der Waals surface area contributed by atoms with Gasteiger partial charge in [0.15, 0.2) is 5.13 Å². The Morgan fingerprint density at radius 3 is 2.34 bits per heavy atom. The maximum absolute atomic E-state index is 12.4. The molecule has 0 aliphatic heterocycles. The number of amides is 3. The van der Waals surface area contributed by atoms with Crippen LogP contribution in [0.3, 0.4) is 0 Å². The van der Waals surface area contributed by atoms with Crippen molar-refractivity contribution in [2.24, 2.45) is 0 Å². The van der Waals surface area contributed by atoms with E-state index in [2.05, 4.69) is 29.5 Å². The molecule has 1 aromatic carbocycles. The van der Waals surface area contributed by atoms with E-state index in [4.69, 9.17) is 5.11 Å². The number of carboxylic acid groups (broad SMARTS) is 1. The minimum atomic E-state index is -1.12. The molecular weight excluding hydrogens is 388 g/mol. The molecule has 8 heteroatoms. The van der Waals surface area contributed by atoms with Gasteiger partial charge in [-0.25, -0.2) is 14.6 Å². The third-order valence-electron chi connectivity index (χ3n) is 4.51. The second-order valence-electron chi connectivity index (χ2n) is 6.84. The third-order valence-corrected chi connectivity index (χ3v) is 5.27. The molecule has 0 atom stereocenters. The van der Waals surface area contributed by atoms with Gasteiger partial charge in [-0.05, 0) is 24.8 Å². The molecule has 0 aliphatic carbocycles. The van der Waals surface area contributed by atoms with Gasteiger partial charge in [0.25, 0.3) is 0 Å². The van der Waals surface area contributed by atoms with Crippen molar-refractivity contribution < 1.29 is 14.7 Å². The number of anilines is 1. The fourth-order valence-corrected chi connectivity index (χ4v) is 3.55. The van der Waals surface area contributed by atoms with Gasteiger partial charge < -0.3 is 15.3 Å². The lowest BCUT2D eigenvalue weighted by atomic mass is 10.1. The summed E-state index contributed by atoms with van der Waals surface area (Å²) in [5.74, 6) is 0. The molecule has 2 aromatic rings. The Morgan fingerprint density at radius 2 is 1.76 bits per heavy atom. The predicted molar refractivity (Wildman–Crippen MR) is 118 cm³/mol. The number of benzene rings is 1. The normalized spacial score (nSPS) is 10.6. The summed E-state index contributed by atoms with van der Waals surface area (Å²) in [6, 6.07) is 7.97. The van der Waals surface area contributed by atoms with Crippen LogP contribution in [-0.2, 0) is 6.42 Å². The number of rotatable bonds is 11. The number of hydrogen-bond donors (Lipinski definition) is 3. The van der Waals surface area contributed by atoms with Gasteiger partial charge in [-0.1, -0.05) is 51.0 Å². The Morgan fingerprint density at radius 1 is 1.10 bits per heavy atom. The molecule has 158 valence electrons. The third kappa shape index (κ3) is 7.73. The van der Waals surface area contributed by atoms with E-state index < -0.39 is 6.09 Å². The molecule has 0 spiro atoms. The highest BCUT2D eigenvalue weighted by Crippen LogP contribution is 2.25. The number of hydrogen-bond acceptors (Lipinski definition) is 4. The maximum Gasteiger partial charge on any atom is 0.410 e. The van der Waals surface area contributed by atoms with E-state index in [1.54, 1.807) is 0 Å². The fourth-order valence-electron chi connectivity index (χ4n) is 2.84. The summed E-state index contributed by atoms with van der Waals surface area (Å²) < 4.78 is 0. The molecule has 29 heavy (non-hydrogen) atoms. The monoisotopic (exact) mass is 418 g/mol. The molecule has 7 nitrogen and oxygen atoms in total. The Balaban J connectivity index is 1.84. The van der Waals surface area contributed by atoms with Crippen LogP contribution in [0.2, 0.25) is 0 Å². The van der Waals surface area contributed by atoms with E-state index >= 15 is 0 Å². The molecule has 3 N–H and O–H groups in total. The molecule has 0 radical (unpaired) electrons. The van der Waals surface area contributed by atoms with Gasteiger partial charge in [0, 0.05) is 30.6 Å². The number of nitrogens with one attached hydrogen (secondary N) is 2. The Labute approximate surface area is 176 Å². The zero-order valence-electron chi connectivity index (χ0n) is 17.1. The van der Waals surface area contributed by atoms with E-state index in [1.165, 1.54) is 11.3 Å². The van der Waals surface area contributed by atoms with Gasteiger partial charge in [0.05, 0.1) is 5.69 Å². The summed E-state index contributed by atoms with van der Waals surface area (Å²) in [6.45, 7) is 6.48. The van der Waals surface area contributed by atoms with Gasteiger partial charge in [-0.3, -0.25) is 5.32 Å². The highest BCUT2D eigenvalue weighted by atomic mass is 32.1. The molecule has 1 heterocycles. The summed E-state index contributed by atoms with van der Waals surface area (Å²) in [5.41, 5.74) is 2.79. The summed E-state index contributed by atoms with van der Waals surface area (Å²) >= 11 is 1.25.